The number of rotatable bonds is 8. The first-order valence-electron chi connectivity index (χ1n) is 11.5. The van der Waals surface area contributed by atoms with Crippen molar-refractivity contribution >= 4 is 17.5 Å². The van der Waals surface area contributed by atoms with Gasteiger partial charge in [-0.3, -0.25) is 9.59 Å². The molecule has 0 bridgehead atoms. The molecular weight excluding hydrogens is 459 g/mol. The zero-order valence-electron chi connectivity index (χ0n) is 20.1. The Kier molecular flexibility index (Phi) is 7.56. The molecule has 8 heteroatoms. The number of carbonyl (C=O) groups is 2. The smallest absolute Gasteiger partial charge is 0.259 e. The third-order valence-corrected chi connectivity index (χ3v) is 5.83. The first-order valence-corrected chi connectivity index (χ1v) is 11.5. The fraction of sp³-hybridized carbons (Fsp3) is 0.179. The summed E-state index contributed by atoms with van der Waals surface area (Å²) >= 11 is 0. The van der Waals surface area contributed by atoms with E-state index in [0.717, 1.165) is 16.7 Å². The fourth-order valence-corrected chi connectivity index (χ4v) is 3.94. The van der Waals surface area contributed by atoms with Crippen molar-refractivity contribution < 1.29 is 18.5 Å². The first kappa shape index (κ1) is 24.8. The molecule has 0 atom stereocenters. The fourth-order valence-electron chi connectivity index (χ4n) is 3.94. The van der Waals surface area contributed by atoms with Crippen LogP contribution in [0, 0.1) is 19.7 Å². The second-order valence-electron chi connectivity index (χ2n) is 8.54. The van der Waals surface area contributed by atoms with Crippen LogP contribution in [0.15, 0.2) is 77.3 Å². The standard InChI is InChI=1S/C28H27FN4O3/c1-18-26(19(2)36-32-18)28(35)33(17-22-5-3-4-21(14-22)15-30)16-20-6-12-25(13-7-20)31-27(34)23-8-10-24(29)11-9-23/h3-14H,15-17,30H2,1-2H3,(H,31,34). The molecule has 3 N–H and O–H groups in total. The van der Waals surface area contributed by atoms with Crippen LogP contribution in [0.4, 0.5) is 10.1 Å². The molecule has 7 nitrogen and oxygen atoms in total. The largest absolute Gasteiger partial charge is 0.361 e. The number of anilines is 1. The summed E-state index contributed by atoms with van der Waals surface area (Å²) in [6.07, 6.45) is 0. The Labute approximate surface area is 208 Å². The molecule has 4 aromatic rings. The van der Waals surface area contributed by atoms with Crippen LogP contribution >= 0.6 is 0 Å². The van der Waals surface area contributed by atoms with Crippen LogP contribution in [-0.4, -0.2) is 21.9 Å². The highest BCUT2D eigenvalue weighted by Crippen LogP contribution is 2.21. The number of nitrogens with two attached hydrogens (primary N) is 1. The van der Waals surface area contributed by atoms with Gasteiger partial charge in [0.2, 0.25) is 0 Å². The predicted octanol–water partition coefficient (Wildman–Crippen LogP) is 4.98. The summed E-state index contributed by atoms with van der Waals surface area (Å²) in [6, 6.07) is 20.4. The van der Waals surface area contributed by atoms with Gasteiger partial charge in [0, 0.05) is 30.9 Å². The molecule has 1 heterocycles. The summed E-state index contributed by atoms with van der Waals surface area (Å²) in [5, 5.41) is 6.73. The van der Waals surface area contributed by atoms with Crippen LogP contribution < -0.4 is 11.1 Å². The van der Waals surface area contributed by atoms with Crippen molar-refractivity contribution in [2.75, 3.05) is 5.32 Å². The Morgan fingerprint density at radius 2 is 1.61 bits per heavy atom. The summed E-state index contributed by atoms with van der Waals surface area (Å²) in [5.41, 5.74) is 10.6. The van der Waals surface area contributed by atoms with Crippen molar-refractivity contribution in [2.45, 2.75) is 33.5 Å². The third-order valence-electron chi connectivity index (χ3n) is 5.83. The molecule has 184 valence electrons. The SMILES string of the molecule is Cc1noc(C)c1C(=O)N(Cc1ccc(NC(=O)c2ccc(F)cc2)cc1)Cc1cccc(CN)c1. The predicted molar refractivity (Wildman–Crippen MR) is 135 cm³/mol. The molecule has 0 aliphatic heterocycles. The van der Waals surface area contributed by atoms with Crippen molar-refractivity contribution in [3.8, 4) is 0 Å². The molecule has 3 aromatic carbocycles. The minimum atomic E-state index is -0.402. The zero-order chi connectivity index (χ0) is 25.7. The van der Waals surface area contributed by atoms with E-state index in [-0.39, 0.29) is 11.8 Å². The highest BCUT2D eigenvalue weighted by Gasteiger charge is 2.24. The van der Waals surface area contributed by atoms with Gasteiger partial charge in [0.05, 0.1) is 5.69 Å². The van der Waals surface area contributed by atoms with Gasteiger partial charge in [-0.1, -0.05) is 41.6 Å². The average Bonchev–Trinajstić information content (AvgIpc) is 3.22. The number of amides is 2. The van der Waals surface area contributed by atoms with Crippen LogP contribution in [0.2, 0.25) is 0 Å². The Bertz CT molecular complexity index is 1350. The molecule has 0 spiro atoms. The van der Waals surface area contributed by atoms with Gasteiger partial charge in [-0.2, -0.15) is 0 Å². The molecular formula is C28H27FN4O3. The maximum Gasteiger partial charge on any atom is 0.259 e. The van der Waals surface area contributed by atoms with Gasteiger partial charge in [-0.25, -0.2) is 4.39 Å². The van der Waals surface area contributed by atoms with Crippen LogP contribution in [0.25, 0.3) is 0 Å². The molecule has 0 radical (unpaired) electrons. The Morgan fingerprint density at radius 3 is 2.25 bits per heavy atom. The highest BCUT2D eigenvalue weighted by atomic mass is 19.1. The topological polar surface area (TPSA) is 101 Å². The molecule has 0 aliphatic carbocycles. The van der Waals surface area contributed by atoms with Crippen molar-refractivity contribution in [3.63, 3.8) is 0 Å². The zero-order valence-corrected chi connectivity index (χ0v) is 20.1. The second kappa shape index (κ2) is 11.0. The Morgan fingerprint density at radius 1 is 0.944 bits per heavy atom. The number of halogens is 1. The van der Waals surface area contributed by atoms with E-state index in [1.807, 2.05) is 36.4 Å². The number of nitrogens with zero attached hydrogens (tertiary/aromatic N) is 2. The quantitative estimate of drug-likeness (QED) is 0.366. The molecule has 36 heavy (non-hydrogen) atoms. The van der Waals surface area contributed by atoms with Crippen molar-refractivity contribution in [1.82, 2.24) is 10.1 Å². The van der Waals surface area contributed by atoms with Gasteiger partial charge >= 0.3 is 0 Å². The number of hydrogen-bond acceptors (Lipinski definition) is 5. The normalized spacial score (nSPS) is 10.8. The van der Waals surface area contributed by atoms with Gasteiger partial charge in [0.1, 0.15) is 17.1 Å². The lowest BCUT2D eigenvalue weighted by molar-refractivity contribution is 0.0727. The number of benzene rings is 3. The molecule has 0 aliphatic rings. The minimum Gasteiger partial charge on any atom is -0.361 e. The lowest BCUT2D eigenvalue weighted by Gasteiger charge is -2.23. The van der Waals surface area contributed by atoms with E-state index in [2.05, 4.69) is 10.5 Å². The van der Waals surface area contributed by atoms with Gasteiger partial charge in [-0.15, -0.1) is 0 Å². The van der Waals surface area contributed by atoms with Crippen LogP contribution in [-0.2, 0) is 19.6 Å². The first-order chi connectivity index (χ1) is 17.3. The number of aromatic nitrogens is 1. The van der Waals surface area contributed by atoms with E-state index in [9.17, 15) is 14.0 Å². The third kappa shape index (κ3) is 5.84. The van der Waals surface area contributed by atoms with E-state index in [1.165, 1.54) is 24.3 Å². The molecule has 1 aromatic heterocycles. The van der Waals surface area contributed by atoms with Crippen molar-refractivity contribution in [3.05, 3.63) is 118 Å². The van der Waals surface area contributed by atoms with Crippen LogP contribution in [0.3, 0.4) is 0 Å². The average molecular weight is 487 g/mol. The Balaban J connectivity index is 1.53. The van der Waals surface area contributed by atoms with Gasteiger partial charge in [0.25, 0.3) is 11.8 Å². The molecule has 0 fully saturated rings. The van der Waals surface area contributed by atoms with Gasteiger partial charge in [-0.05, 0) is 66.9 Å². The molecule has 0 saturated heterocycles. The monoisotopic (exact) mass is 486 g/mol. The highest BCUT2D eigenvalue weighted by molar-refractivity contribution is 6.04. The number of carbonyl (C=O) groups excluding carboxylic acids is 2. The number of aryl methyl sites for hydroxylation is 2. The Hall–Kier alpha value is -4.30. The second-order valence-corrected chi connectivity index (χ2v) is 8.54. The molecule has 0 unspecified atom stereocenters. The minimum absolute atomic E-state index is 0.182. The number of hydrogen-bond donors (Lipinski definition) is 2. The van der Waals surface area contributed by atoms with Crippen molar-refractivity contribution in [1.29, 1.82) is 0 Å². The van der Waals surface area contributed by atoms with Crippen LogP contribution in [0.1, 0.15) is 48.9 Å². The van der Waals surface area contributed by atoms with E-state index < -0.39 is 5.82 Å². The van der Waals surface area contributed by atoms with Crippen molar-refractivity contribution in [2.24, 2.45) is 5.73 Å². The lowest BCUT2D eigenvalue weighted by Crippen LogP contribution is -2.31. The van der Waals surface area contributed by atoms with Crippen LogP contribution in [0.5, 0.6) is 0 Å². The van der Waals surface area contributed by atoms with E-state index in [1.54, 1.807) is 30.9 Å². The van der Waals surface area contributed by atoms with Gasteiger partial charge < -0.3 is 20.5 Å². The summed E-state index contributed by atoms with van der Waals surface area (Å²) in [5.74, 6) is -0.450. The number of nitrogens with one attached hydrogen (secondary N) is 1. The van der Waals surface area contributed by atoms with E-state index in [0.29, 0.717) is 47.9 Å². The molecule has 2 amide bonds. The summed E-state index contributed by atoms with van der Waals surface area (Å²) in [4.78, 5) is 27.7. The van der Waals surface area contributed by atoms with Gasteiger partial charge in [0.15, 0.2) is 0 Å². The van der Waals surface area contributed by atoms with E-state index in [4.69, 9.17) is 10.3 Å². The summed E-state index contributed by atoms with van der Waals surface area (Å²) in [6.45, 7) is 4.59. The molecule has 4 rings (SSSR count). The summed E-state index contributed by atoms with van der Waals surface area (Å²) < 4.78 is 18.3. The maximum absolute atomic E-state index is 13.5. The lowest BCUT2D eigenvalue weighted by atomic mass is 10.1. The molecule has 0 saturated carbocycles. The maximum atomic E-state index is 13.5. The van der Waals surface area contributed by atoms with E-state index >= 15 is 0 Å². The summed E-state index contributed by atoms with van der Waals surface area (Å²) in [7, 11) is 0.